The van der Waals surface area contributed by atoms with Crippen LogP contribution < -0.4 is 15.5 Å². The first-order valence-corrected chi connectivity index (χ1v) is 12.1. The van der Waals surface area contributed by atoms with Crippen molar-refractivity contribution in [1.29, 1.82) is 0 Å². The van der Waals surface area contributed by atoms with Crippen LogP contribution in [0.4, 0.5) is 10.5 Å². The molecule has 0 bridgehead atoms. The van der Waals surface area contributed by atoms with E-state index in [1.54, 1.807) is 37.3 Å². The van der Waals surface area contributed by atoms with Crippen LogP contribution in [-0.4, -0.2) is 42.0 Å². The number of anilines is 1. The summed E-state index contributed by atoms with van der Waals surface area (Å²) in [5.41, 5.74) is 1.66. The maximum absolute atomic E-state index is 13.4. The number of para-hydroxylation sites is 1. The number of ether oxygens (including phenoxy) is 2. The smallest absolute Gasteiger partial charge is 0.343 e. The van der Waals surface area contributed by atoms with Gasteiger partial charge in [-0.25, -0.2) is 14.4 Å². The molecule has 0 aromatic heterocycles. The fraction of sp³-hybridized carbons (Fsp3) is 0.280. The summed E-state index contributed by atoms with van der Waals surface area (Å²) in [5, 5.41) is 5.34. The Morgan fingerprint density at radius 2 is 1.83 bits per heavy atom. The quantitative estimate of drug-likeness (QED) is 0.595. The molecule has 5 rings (SSSR count). The van der Waals surface area contributed by atoms with E-state index < -0.39 is 28.9 Å². The molecule has 9 nitrogen and oxygen atoms in total. The van der Waals surface area contributed by atoms with E-state index in [4.69, 9.17) is 9.47 Å². The number of carbonyl (C=O) groups is 4. The van der Waals surface area contributed by atoms with Gasteiger partial charge in [0.2, 0.25) is 5.91 Å². The third kappa shape index (κ3) is 3.93. The molecule has 0 unspecified atom stereocenters. The van der Waals surface area contributed by atoms with Crippen LogP contribution in [0.3, 0.4) is 0 Å². The van der Waals surface area contributed by atoms with Gasteiger partial charge in [-0.3, -0.25) is 9.69 Å². The van der Waals surface area contributed by atoms with E-state index in [0.29, 0.717) is 17.7 Å². The highest BCUT2D eigenvalue weighted by atomic mass is 32.2. The number of benzene rings is 2. The van der Waals surface area contributed by atoms with Gasteiger partial charge in [-0.15, -0.1) is 0 Å². The minimum absolute atomic E-state index is 0.139. The topological polar surface area (TPSA) is 114 Å². The maximum Gasteiger partial charge on any atom is 0.343 e. The normalized spacial score (nSPS) is 22.8. The first-order chi connectivity index (χ1) is 16.9. The molecular weight excluding hydrogens is 470 g/mol. The molecule has 1 fully saturated rings. The second kappa shape index (κ2) is 9.10. The third-order valence-corrected chi connectivity index (χ3v) is 7.58. The van der Waals surface area contributed by atoms with Crippen molar-refractivity contribution in [3.8, 4) is 0 Å². The van der Waals surface area contributed by atoms with Crippen molar-refractivity contribution in [3.63, 3.8) is 0 Å². The van der Waals surface area contributed by atoms with Gasteiger partial charge in [-0.1, -0.05) is 54.2 Å². The van der Waals surface area contributed by atoms with Gasteiger partial charge in [0.15, 0.2) is 4.87 Å². The molecule has 2 aromatic carbocycles. The van der Waals surface area contributed by atoms with Crippen molar-refractivity contribution in [2.45, 2.75) is 35.6 Å². The number of rotatable bonds is 6. The summed E-state index contributed by atoms with van der Waals surface area (Å²) in [6, 6.07) is 15.0. The zero-order valence-electron chi connectivity index (χ0n) is 18.9. The fourth-order valence-corrected chi connectivity index (χ4v) is 6.01. The number of esters is 2. The van der Waals surface area contributed by atoms with Gasteiger partial charge in [0.05, 0.1) is 29.6 Å². The number of hydrogen-bond acceptors (Lipinski definition) is 7. The first-order valence-electron chi connectivity index (χ1n) is 11.3. The van der Waals surface area contributed by atoms with E-state index in [-0.39, 0.29) is 36.8 Å². The van der Waals surface area contributed by atoms with E-state index in [9.17, 15) is 19.2 Å². The van der Waals surface area contributed by atoms with Gasteiger partial charge in [0.1, 0.15) is 6.61 Å². The molecule has 0 radical (unpaired) electrons. The number of carbonyl (C=O) groups excluding carboxylic acids is 4. The van der Waals surface area contributed by atoms with Crippen LogP contribution in [0, 0.1) is 0 Å². The Kier molecular flexibility index (Phi) is 5.98. The lowest BCUT2D eigenvalue weighted by Gasteiger charge is -2.31. The van der Waals surface area contributed by atoms with Gasteiger partial charge >= 0.3 is 18.0 Å². The average molecular weight is 494 g/mol. The molecule has 2 atom stereocenters. The summed E-state index contributed by atoms with van der Waals surface area (Å²) in [4.78, 5) is 52.6. The summed E-state index contributed by atoms with van der Waals surface area (Å²) < 4.78 is 10.9. The summed E-state index contributed by atoms with van der Waals surface area (Å²) in [6.45, 7) is 1.47. The standard InChI is InChI=1S/C25H23N3O6S/c1-2-33-22(30)20-16(26-24(32)27-21(20)15-8-4-3-5-9-15)14-34-23(31)25-13-12-19(29)28(25)17-10-6-7-11-18(17)35-25/h3-11,21H,2,12-14H2,1H3,(H2,26,27,32)/t21-,25+/m1/s1. The number of nitrogens with one attached hydrogen (secondary N) is 2. The summed E-state index contributed by atoms with van der Waals surface area (Å²) in [7, 11) is 0. The number of hydrogen-bond donors (Lipinski definition) is 2. The summed E-state index contributed by atoms with van der Waals surface area (Å²) >= 11 is 1.29. The number of nitrogens with zero attached hydrogens (tertiary/aromatic N) is 1. The predicted molar refractivity (Wildman–Crippen MR) is 127 cm³/mol. The number of amides is 3. The van der Waals surface area contributed by atoms with Gasteiger partial charge < -0.3 is 20.1 Å². The van der Waals surface area contributed by atoms with E-state index in [1.165, 1.54) is 16.7 Å². The van der Waals surface area contributed by atoms with Crippen molar-refractivity contribution < 1.29 is 28.7 Å². The maximum atomic E-state index is 13.4. The van der Waals surface area contributed by atoms with Crippen LogP contribution in [0.2, 0.25) is 0 Å². The number of thioether (sulfide) groups is 1. The van der Waals surface area contributed by atoms with Gasteiger partial charge in [-0.2, -0.15) is 0 Å². The summed E-state index contributed by atoms with van der Waals surface area (Å²) in [5.74, 6) is -1.38. The van der Waals surface area contributed by atoms with Crippen LogP contribution >= 0.6 is 11.8 Å². The highest BCUT2D eigenvalue weighted by Crippen LogP contribution is 2.56. The summed E-state index contributed by atoms with van der Waals surface area (Å²) in [6.07, 6.45) is 0.526. The Morgan fingerprint density at radius 1 is 1.09 bits per heavy atom. The van der Waals surface area contributed by atoms with Crippen LogP contribution in [-0.2, 0) is 23.9 Å². The molecule has 0 spiro atoms. The van der Waals surface area contributed by atoms with Crippen LogP contribution in [0.5, 0.6) is 0 Å². The SMILES string of the molecule is CCOC(=O)C1=C(COC(=O)[C@@]23CCC(=O)N2c2ccccc2S3)NC(=O)N[C@@H]1c1ccccc1. The Hall–Kier alpha value is -3.79. The van der Waals surface area contributed by atoms with Gasteiger partial charge in [0, 0.05) is 17.7 Å². The van der Waals surface area contributed by atoms with E-state index >= 15 is 0 Å². The monoisotopic (exact) mass is 493 g/mol. The molecule has 2 N–H and O–H groups in total. The van der Waals surface area contributed by atoms with Crippen molar-refractivity contribution >= 4 is 41.3 Å². The molecule has 3 aliphatic rings. The van der Waals surface area contributed by atoms with Crippen LogP contribution in [0.25, 0.3) is 0 Å². The van der Waals surface area contributed by atoms with Crippen molar-refractivity contribution in [2.24, 2.45) is 0 Å². The Balaban J connectivity index is 1.45. The molecule has 0 saturated carbocycles. The minimum Gasteiger partial charge on any atom is -0.463 e. The predicted octanol–water partition coefficient (Wildman–Crippen LogP) is 3.03. The second-order valence-electron chi connectivity index (χ2n) is 8.21. The lowest BCUT2D eigenvalue weighted by atomic mass is 9.95. The molecule has 3 heterocycles. The molecule has 1 saturated heterocycles. The zero-order valence-corrected chi connectivity index (χ0v) is 19.7. The molecule has 35 heavy (non-hydrogen) atoms. The molecule has 0 aliphatic carbocycles. The third-order valence-electron chi connectivity index (χ3n) is 6.12. The molecule has 180 valence electrons. The molecule has 10 heteroatoms. The first kappa shape index (κ1) is 23.0. The van der Waals surface area contributed by atoms with E-state index in [1.807, 2.05) is 24.3 Å². The number of fused-ring (bicyclic) bond motifs is 3. The molecule has 2 aromatic rings. The Labute approximate surface area is 205 Å². The van der Waals surface area contributed by atoms with Crippen LogP contribution in [0.1, 0.15) is 31.4 Å². The van der Waals surface area contributed by atoms with E-state index in [2.05, 4.69) is 10.6 Å². The van der Waals surface area contributed by atoms with Gasteiger partial charge in [0.25, 0.3) is 0 Å². The van der Waals surface area contributed by atoms with Crippen molar-refractivity contribution in [3.05, 3.63) is 71.4 Å². The lowest BCUT2D eigenvalue weighted by molar-refractivity contribution is -0.146. The Morgan fingerprint density at radius 3 is 2.60 bits per heavy atom. The fourth-order valence-electron chi connectivity index (χ4n) is 4.60. The van der Waals surface area contributed by atoms with Crippen molar-refractivity contribution in [2.75, 3.05) is 18.1 Å². The average Bonchev–Trinajstić information content (AvgIpc) is 3.38. The second-order valence-corrected chi connectivity index (χ2v) is 9.53. The van der Waals surface area contributed by atoms with Gasteiger partial charge in [-0.05, 0) is 24.6 Å². The number of urea groups is 1. The highest BCUT2D eigenvalue weighted by molar-refractivity contribution is 8.02. The zero-order chi connectivity index (χ0) is 24.6. The molecule has 3 aliphatic heterocycles. The highest BCUT2D eigenvalue weighted by Gasteiger charge is 2.58. The largest absolute Gasteiger partial charge is 0.463 e. The Bertz CT molecular complexity index is 1250. The van der Waals surface area contributed by atoms with E-state index in [0.717, 1.165) is 4.90 Å². The molecule has 3 amide bonds. The van der Waals surface area contributed by atoms with Crippen molar-refractivity contribution in [1.82, 2.24) is 10.6 Å². The van der Waals surface area contributed by atoms with Crippen LogP contribution in [0.15, 0.2) is 70.8 Å². The molecular formula is C25H23N3O6S. The minimum atomic E-state index is -1.21. The lowest BCUT2D eigenvalue weighted by Crippen LogP contribution is -2.49.